The van der Waals surface area contributed by atoms with Gasteiger partial charge in [0.05, 0.1) is 12.7 Å². The Bertz CT molecular complexity index is 826. The molecule has 6 nitrogen and oxygen atoms in total. The molecule has 1 saturated heterocycles. The number of likely N-dealkylation sites (tertiary alicyclic amines) is 1. The zero-order valence-electron chi connectivity index (χ0n) is 17.3. The molecule has 150 valence electrons. The molecule has 0 radical (unpaired) electrons. The lowest BCUT2D eigenvalue weighted by molar-refractivity contribution is 0.484. The number of nitrogens with one attached hydrogen (secondary N) is 1. The Kier molecular flexibility index (Phi) is 5.55. The number of fused-ring (bicyclic) bond motifs is 1. The van der Waals surface area contributed by atoms with Crippen molar-refractivity contribution in [3.05, 3.63) is 47.8 Å². The van der Waals surface area contributed by atoms with Crippen LogP contribution in [0, 0.1) is 0 Å². The second kappa shape index (κ2) is 8.25. The fourth-order valence-corrected chi connectivity index (χ4v) is 4.44. The van der Waals surface area contributed by atoms with Gasteiger partial charge in [0, 0.05) is 57.1 Å². The number of aliphatic imine (C=N–C) groups is 1. The van der Waals surface area contributed by atoms with Gasteiger partial charge in [-0.05, 0) is 43.9 Å². The number of nitrogens with zero attached hydrogens (tertiary/aromatic N) is 5. The molecule has 4 rings (SSSR count). The monoisotopic (exact) mass is 380 g/mol. The van der Waals surface area contributed by atoms with Gasteiger partial charge in [0.25, 0.3) is 0 Å². The fourth-order valence-electron chi connectivity index (χ4n) is 4.44. The molecular formula is C22H32N6. The van der Waals surface area contributed by atoms with E-state index in [1.54, 1.807) is 0 Å². The fraction of sp³-hybridized carbons (Fsp3) is 0.545. The summed E-state index contributed by atoms with van der Waals surface area (Å²) < 4.78 is 1.90. The number of rotatable bonds is 5. The van der Waals surface area contributed by atoms with Crippen LogP contribution in [0.4, 0.5) is 5.69 Å². The molecule has 3 heterocycles. The van der Waals surface area contributed by atoms with Crippen molar-refractivity contribution < 1.29 is 0 Å². The SMILES string of the molecule is CCNC(=NCC(C)N1CCc2ccccc21)N1CCC(c2cnn(C)c2)C1. The average molecular weight is 381 g/mol. The molecule has 0 amide bonds. The Morgan fingerprint density at radius 2 is 2.18 bits per heavy atom. The Morgan fingerprint density at radius 1 is 1.32 bits per heavy atom. The van der Waals surface area contributed by atoms with E-state index in [2.05, 4.69) is 64.5 Å². The van der Waals surface area contributed by atoms with Crippen LogP contribution in [0.1, 0.15) is 37.3 Å². The molecule has 0 saturated carbocycles. The molecule has 6 heteroatoms. The van der Waals surface area contributed by atoms with E-state index in [0.29, 0.717) is 12.0 Å². The molecule has 0 spiro atoms. The maximum Gasteiger partial charge on any atom is 0.194 e. The third-order valence-corrected chi connectivity index (χ3v) is 5.98. The minimum atomic E-state index is 0.397. The first kappa shape index (κ1) is 18.8. The van der Waals surface area contributed by atoms with Gasteiger partial charge in [0.15, 0.2) is 5.96 Å². The lowest BCUT2D eigenvalue weighted by Gasteiger charge is -2.27. The number of para-hydroxylation sites is 1. The molecule has 2 atom stereocenters. The summed E-state index contributed by atoms with van der Waals surface area (Å²) in [5.74, 6) is 1.59. The molecule has 28 heavy (non-hydrogen) atoms. The molecule has 1 N–H and O–H groups in total. The van der Waals surface area contributed by atoms with Crippen molar-refractivity contribution in [3.63, 3.8) is 0 Å². The van der Waals surface area contributed by atoms with E-state index in [-0.39, 0.29) is 0 Å². The number of benzene rings is 1. The Morgan fingerprint density at radius 3 is 2.96 bits per heavy atom. The molecule has 2 unspecified atom stereocenters. The van der Waals surface area contributed by atoms with Gasteiger partial charge in [-0.3, -0.25) is 9.67 Å². The maximum atomic E-state index is 5.02. The van der Waals surface area contributed by atoms with E-state index >= 15 is 0 Å². The van der Waals surface area contributed by atoms with Crippen LogP contribution < -0.4 is 10.2 Å². The Balaban J connectivity index is 1.41. The minimum absolute atomic E-state index is 0.397. The number of hydrogen-bond acceptors (Lipinski definition) is 3. The van der Waals surface area contributed by atoms with Crippen molar-refractivity contribution in [2.75, 3.05) is 37.6 Å². The Labute approximate surface area is 168 Å². The minimum Gasteiger partial charge on any atom is -0.366 e. The largest absolute Gasteiger partial charge is 0.366 e. The van der Waals surface area contributed by atoms with Gasteiger partial charge in [-0.2, -0.15) is 5.10 Å². The molecular weight excluding hydrogens is 348 g/mol. The van der Waals surface area contributed by atoms with E-state index in [1.165, 1.54) is 16.8 Å². The summed E-state index contributed by atoms with van der Waals surface area (Å²) in [6.45, 7) is 9.30. The zero-order valence-corrected chi connectivity index (χ0v) is 17.3. The topological polar surface area (TPSA) is 48.7 Å². The van der Waals surface area contributed by atoms with Gasteiger partial charge >= 0.3 is 0 Å². The smallest absolute Gasteiger partial charge is 0.194 e. The quantitative estimate of drug-likeness (QED) is 0.640. The highest BCUT2D eigenvalue weighted by molar-refractivity contribution is 5.80. The number of aromatic nitrogens is 2. The normalized spacial score (nSPS) is 20.5. The molecule has 0 bridgehead atoms. The van der Waals surface area contributed by atoms with Crippen molar-refractivity contribution in [3.8, 4) is 0 Å². The van der Waals surface area contributed by atoms with Gasteiger partial charge in [-0.15, -0.1) is 0 Å². The summed E-state index contributed by atoms with van der Waals surface area (Å²) in [6, 6.07) is 9.17. The van der Waals surface area contributed by atoms with Crippen molar-refractivity contribution in [2.45, 2.75) is 38.6 Å². The van der Waals surface area contributed by atoms with E-state index in [0.717, 1.165) is 51.5 Å². The summed E-state index contributed by atoms with van der Waals surface area (Å²) >= 11 is 0. The lowest BCUT2D eigenvalue weighted by Crippen LogP contribution is -2.41. The van der Waals surface area contributed by atoms with Crippen molar-refractivity contribution in [1.29, 1.82) is 0 Å². The molecule has 2 aliphatic rings. The second-order valence-electron chi connectivity index (χ2n) is 7.99. The third-order valence-electron chi connectivity index (χ3n) is 5.98. The summed E-state index contributed by atoms with van der Waals surface area (Å²) in [5.41, 5.74) is 4.18. The van der Waals surface area contributed by atoms with E-state index in [4.69, 9.17) is 4.99 Å². The number of hydrogen-bond donors (Lipinski definition) is 1. The van der Waals surface area contributed by atoms with Crippen LogP contribution in [-0.4, -0.2) is 59.4 Å². The van der Waals surface area contributed by atoms with Gasteiger partial charge in [0.1, 0.15) is 0 Å². The first-order valence-corrected chi connectivity index (χ1v) is 10.5. The van der Waals surface area contributed by atoms with E-state index < -0.39 is 0 Å². The molecule has 1 aromatic carbocycles. The van der Waals surface area contributed by atoms with E-state index in [1.807, 2.05) is 17.9 Å². The van der Waals surface area contributed by atoms with Crippen LogP contribution in [0.5, 0.6) is 0 Å². The van der Waals surface area contributed by atoms with Gasteiger partial charge in [-0.1, -0.05) is 18.2 Å². The third kappa shape index (κ3) is 3.86. The van der Waals surface area contributed by atoms with Crippen molar-refractivity contribution in [1.82, 2.24) is 20.0 Å². The van der Waals surface area contributed by atoms with Crippen molar-refractivity contribution >= 4 is 11.6 Å². The Hall–Kier alpha value is -2.50. The predicted molar refractivity (Wildman–Crippen MR) is 115 cm³/mol. The summed E-state index contributed by atoms with van der Waals surface area (Å²) in [7, 11) is 1.99. The van der Waals surface area contributed by atoms with Crippen molar-refractivity contribution in [2.24, 2.45) is 12.0 Å². The van der Waals surface area contributed by atoms with E-state index in [9.17, 15) is 0 Å². The highest BCUT2D eigenvalue weighted by atomic mass is 15.3. The summed E-state index contributed by atoms with van der Waals surface area (Å²) in [4.78, 5) is 9.93. The highest BCUT2D eigenvalue weighted by Gasteiger charge is 2.27. The van der Waals surface area contributed by atoms with Crippen LogP contribution in [-0.2, 0) is 13.5 Å². The molecule has 0 aliphatic carbocycles. The number of anilines is 1. The summed E-state index contributed by atoms with van der Waals surface area (Å²) in [5, 5.41) is 7.84. The first-order valence-electron chi connectivity index (χ1n) is 10.5. The van der Waals surface area contributed by atoms with Crippen LogP contribution in [0.3, 0.4) is 0 Å². The first-order chi connectivity index (χ1) is 13.7. The molecule has 2 aromatic rings. The van der Waals surface area contributed by atoms with Gasteiger partial charge in [-0.25, -0.2) is 0 Å². The lowest BCUT2D eigenvalue weighted by atomic mass is 10.0. The van der Waals surface area contributed by atoms with Crippen LogP contribution in [0.15, 0.2) is 41.7 Å². The van der Waals surface area contributed by atoms with Gasteiger partial charge < -0.3 is 15.1 Å². The van der Waals surface area contributed by atoms with Gasteiger partial charge in [0.2, 0.25) is 0 Å². The number of aryl methyl sites for hydroxylation is 1. The second-order valence-corrected chi connectivity index (χ2v) is 7.99. The summed E-state index contributed by atoms with van der Waals surface area (Å²) in [6.07, 6.45) is 6.45. The molecule has 1 aromatic heterocycles. The number of guanidine groups is 1. The molecule has 1 fully saturated rings. The standard InChI is InChI=1S/C22H32N6/c1-4-23-22(27-11-9-19(16-27)20-14-25-26(3)15-20)24-13-17(2)28-12-10-18-7-5-6-8-21(18)28/h5-8,14-15,17,19H,4,9-13,16H2,1-3H3,(H,23,24). The average Bonchev–Trinajstić information content (AvgIpc) is 3.43. The maximum absolute atomic E-state index is 5.02. The van der Waals surface area contributed by atoms with Crippen LogP contribution in [0.25, 0.3) is 0 Å². The molecule has 2 aliphatic heterocycles. The predicted octanol–water partition coefficient (Wildman–Crippen LogP) is 2.63. The highest BCUT2D eigenvalue weighted by Crippen LogP contribution is 2.29. The van der Waals surface area contributed by atoms with Crippen LogP contribution >= 0.6 is 0 Å². The zero-order chi connectivity index (χ0) is 19.5. The van der Waals surface area contributed by atoms with Crippen LogP contribution in [0.2, 0.25) is 0 Å².